The minimum Gasteiger partial charge on any atom is -0.477 e. The van der Waals surface area contributed by atoms with Crippen LogP contribution in [0.1, 0.15) is 33.6 Å². The van der Waals surface area contributed by atoms with Crippen LogP contribution in [-0.2, 0) is 9.53 Å². The fourth-order valence-corrected chi connectivity index (χ4v) is 0.847. The van der Waals surface area contributed by atoms with Crippen molar-refractivity contribution in [3.8, 4) is 0 Å². The summed E-state index contributed by atoms with van der Waals surface area (Å²) in [4.78, 5) is 10.7. The highest BCUT2D eigenvalue weighted by Gasteiger charge is 2.40. The first-order chi connectivity index (χ1) is 5.95. The lowest BCUT2D eigenvalue weighted by atomic mass is 10.0. The van der Waals surface area contributed by atoms with E-state index in [-0.39, 0.29) is 6.61 Å². The van der Waals surface area contributed by atoms with Crippen molar-refractivity contribution < 1.29 is 19.7 Å². The Kier molecular flexibility index (Phi) is 4.95. The third-order valence-corrected chi connectivity index (χ3v) is 1.91. The Bertz CT molecular complexity index is 167. The van der Waals surface area contributed by atoms with E-state index in [2.05, 4.69) is 0 Å². The second kappa shape index (κ2) is 5.19. The first kappa shape index (κ1) is 12.4. The molecule has 78 valence electrons. The summed E-state index contributed by atoms with van der Waals surface area (Å²) in [5, 5.41) is 18.3. The number of aliphatic hydroxyl groups is 1. The molecular formula is C9H18O4. The van der Waals surface area contributed by atoms with E-state index in [1.54, 1.807) is 13.8 Å². The van der Waals surface area contributed by atoms with Crippen molar-refractivity contribution in [2.24, 2.45) is 5.92 Å². The zero-order chi connectivity index (χ0) is 10.5. The van der Waals surface area contributed by atoms with Crippen molar-refractivity contribution in [1.29, 1.82) is 0 Å². The topological polar surface area (TPSA) is 66.8 Å². The molecule has 0 bridgehead atoms. The Morgan fingerprint density at radius 2 is 2.08 bits per heavy atom. The van der Waals surface area contributed by atoms with Crippen LogP contribution in [0.5, 0.6) is 0 Å². The lowest BCUT2D eigenvalue weighted by molar-refractivity contribution is -0.240. The average molecular weight is 190 g/mol. The molecule has 0 saturated heterocycles. The van der Waals surface area contributed by atoms with Crippen LogP contribution in [0, 0.1) is 5.92 Å². The Balaban J connectivity index is 4.17. The van der Waals surface area contributed by atoms with Gasteiger partial charge >= 0.3 is 5.97 Å². The number of hydrogen-bond acceptors (Lipinski definition) is 3. The van der Waals surface area contributed by atoms with Crippen molar-refractivity contribution in [1.82, 2.24) is 0 Å². The maximum absolute atomic E-state index is 10.7. The van der Waals surface area contributed by atoms with Gasteiger partial charge in [-0.1, -0.05) is 27.2 Å². The van der Waals surface area contributed by atoms with Crippen LogP contribution in [0.4, 0.5) is 0 Å². The summed E-state index contributed by atoms with van der Waals surface area (Å²) in [7, 11) is 0. The fourth-order valence-electron chi connectivity index (χ4n) is 0.847. The van der Waals surface area contributed by atoms with Crippen LogP contribution in [0.3, 0.4) is 0 Å². The van der Waals surface area contributed by atoms with E-state index in [4.69, 9.17) is 9.84 Å². The lowest BCUT2D eigenvalue weighted by Crippen LogP contribution is -2.46. The van der Waals surface area contributed by atoms with Gasteiger partial charge in [-0.25, -0.2) is 4.79 Å². The molecule has 2 N–H and O–H groups in total. The molecule has 0 spiro atoms. The summed E-state index contributed by atoms with van der Waals surface area (Å²) in [5.74, 6) is -3.81. The first-order valence-electron chi connectivity index (χ1n) is 4.54. The average Bonchev–Trinajstić information content (AvgIpc) is 2.03. The standard InChI is InChI=1S/C9H18O4/c1-4-5-6-13-9(12,7(2)3)8(10)11/h7,12H,4-6H2,1-3H3,(H,10,11). The molecule has 0 radical (unpaired) electrons. The molecule has 0 aliphatic rings. The molecule has 1 unspecified atom stereocenters. The largest absolute Gasteiger partial charge is 0.477 e. The van der Waals surface area contributed by atoms with E-state index < -0.39 is 17.7 Å². The highest BCUT2D eigenvalue weighted by Crippen LogP contribution is 2.19. The number of carboxylic acids is 1. The molecule has 0 aliphatic carbocycles. The van der Waals surface area contributed by atoms with Gasteiger partial charge in [-0.2, -0.15) is 0 Å². The van der Waals surface area contributed by atoms with E-state index in [1.165, 1.54) is 0 Å². The Hall–Kier alpha value is -0.610. The van der Waals surface area contributed by atoms with Gasteiger partial charge < -0.3 is 14.9 Å². The second-order valence-electron chi connectivity index (χ2n) is 3.36. The van der Waals surface area contributed by atoms with Crippen molar-refractivity contribution in [2.45, 2.75) is 39.4 Å². The van der Waals surface area contributed by atoms with Crippen molar-refractivity contribution in [3.63, 3.8) is 0 Å². The molecule has 4 heteroatoms. The molecule has 0 aromatic carbocycles. The van der Waals surface area contributed by atoms with Crippen molar-refractivity contribution >= 4 is 5.97 Å². The number of ether oxygens (including phenoxy) is 1. The van der Waals surface area contributed by atoms with Crippen LogP contribution in [-0.4, -0.2) is 28.6 Å². The van der Waals surface area contributed by atoms with Gasteiger partial charge in [0.1, 0.15) is 0 Å². The minimum atomic E-state index is -2.03. The maximum atomic E-state index is 10.7. The Morgan fingerprint density at radius 1 is 1.54 bits per heavy atom. The predicted octanol–water partition coefficient (Wildman–Crippen LogP) is 1.23. The highest BCUT2D eigenvalue weighted by molar-refractivity contribution is 5.75. The molecule has 13 heavy (non-hydrogen) atoms. The smallest absolute Gasteiger partial charge is 0.364 e. The van der Waals surface area contributed by atoms with Gasteiger partial charge in [-0.05, 0) is 6.42 Å². The van der Waals surface area contributed by atoms with E-state index >= 15 is 0 Å². The summed E-state index contributed by atoms with van der Waals surface area (Å²) >= 11 is 0. The molecule has 1 atom stereocenters. The van der Waals surface area contributed by atoms with Gasteiger partial charge in [0.05, 0.1) is 6.61 Å². The second-order valence-corrected chi connectivity index (χ2v) is 3.36. The monoisotopic (exact) mass is 190 g/mol. The van der Waals surface area contributed by atoms with E-state index in [0.717, 1.165) is 12.8 Å². The number of aliphatic carboxylic acids is 1. The molecule has 0 aromatic rings. The molecule has 0 rings (SSSR count). The van der Waals surface area contributed by atoms with Crippen LogP contribution < -0.4 is 0 Å². The quantitative estimate of drug-likeness (QED) is 0.488. The zero-order valence-corrected chi connectivity index (χ0v) is 8.41. The summed E-state index contributed by atoms with van der Waals surface area (Å²) in [6.45, 7) is 5.47. The summed E-state index contributed by atoms with van der Waals surface area (Å²) in [6.07, 6.45) is 1.66. The molecule has 0 saturated carbocycles. The van der Waals surface area contributed by atoms with Gasteiger partial charge in [0.2, 0.25) is 0 Å². The highest BCUT2D eigenvalue weighted by atomic mass is 16.6. The van der Waals surface area contributed by atoms with Crippen LogP contribution in [0.15, 0.2) is 0 Å². The molecular weight excluding hydrogens is 172 g/mol. The third kappa shape index (κ3) is 3.32. The Labute approximate surface area is 78.5 Å². The maximum Gasteiger partial charge on any atom is 0.364 e. The zero-order valence-electron chi connectivity index (χ0n) is 8.41. The van der Waals surface area contributed by atoms with Gasteiger partial charge in [-0.3, -0.25) is 0 Å². The van der Waals surface area contributed by atoms with E-state index in [9.17, 15) is 9.90 Å². The fraction of sp³-hybridized carbons (Fsp3) is 0.889. The molecule has 4 nitrogen and oxygen atoms in total. The van der Waals surface area contributed by atoms with E-state index in [0.29, 0.717) is 0 Å². The first-order valence-corrected chi connectivity index (χ1v) is 4.54. The lowest BCUT2D eigenvalue weighted by Gasteiger charge is -2.27. The van der Waals surface area contributed by atoms with Crippen molar-refractivity contribution in [2.75, 3.05) is 6.61 Å². The van der Waals surface area contributed by atoms with Crippen LogP contribution >= 0.6 is 0 Å². The predicted molar refractivity (Wildman–Crippen MR) is 48.3 cm³/mol. The minimum absolute atomic E-state index is 0.275. The van der Waals surface area contributed by atoms with E-state index in [1.807, 2.05) is 6.92 Å². The summed E-state index contributed by atoms with van der Waals surface area (Å²) in [6, 6.07) is 0. The van der Waals surface area contributed by atoms with Crippen molar-refractivity contribution in [3.05, 3.63) is 0 Å². The third-order valence-electron chi connectivity index (χ3n) is 1.91. The van der Waals surface area contributed by atoms with Crippen LogP contribution in [0.25, 0.3) is 0 Å². The molecule has 0 heterocycles. The number of carbonyl (C=O) groups is 1. The van der Waals surface area contributed by atoms with Gasteiger partial charge in [-0.15, -0.1) is 0 Å². The molecule has 0 fully saturated rings. The Morgan fingerprint density at radius 3 is 2.38 bits per heavy atom. The van der Waals surface area contributed by atoms with Gasteiger partial charge in [0, 0.05) is 5.92 Å². The molecule has 0 aromatic heterocycles. The normalized spacial score (nSPS) is 15.8. The number of carboxylic acid groups (broad SMARTS) is 1. The summed E-state index contributed by atoms with van der Waals surface area (Å²) < 4.78 is 4.95. The molecule has 0 amide bonds. The number of rotatable bonds is 6. The van der Waals surface area contributed by atoms with Gasteiger partial charge in [0.25, 0.3) is 5.79 Å². The SMILES string of the molecule is CCCCOC(O)(C(=O)O)C(C)C. The number of unbranched alkanes of at least 4 members (excludes halogenated alkanes) is 1. The summed E-state index contributed by atoms with van der Waals surface area (Å²) in [5.41, 5.74) is 0. The van der Waals surface area contributed by atoms with Gasteiger partial charge in [0.15, 0.2) is 0 Å². The van der Waals surface area contributed by atoms with Crippen LogP contribution in [0.2, 0.25) is 0 Å². The molecule has 0 aliphatic heterocycles. The number of hydrogen-bond donors (Lipinski definition) is 2.